The molecule has 2 aromatic rings. The van der Waals surface area contributed by atoms with Crippen molar-refractivity contribution in [3.05, 3.63) is 34.5 Å². The number of carbonyl (C=O) groups is 1. The first kappa shape index (κ1) is 14.0. The van der Waals surface area contributed by atoms with E-state index in [1.165, 1.54) is 6.07 Å². The van der Waals surface area contributed by atoms with Crippen molar-refractivity contribution in [3.8, 4) is 0 Å². The maximum atomic E-state index is 12.1. The first-order valence-corrected chi connectivity index (χ1v) is 7.15. The van der Waals surface area contributed by atoms with Crippen molar-refractivity contribution >= 4 is 52.2 Å². The number of piperidine rings is 1. The number of benzene rings is 1. The zero-order valence-corrected chi connectivity index (χ0v) is 12.5. The monoisotopic (exact) mass is 321 g/mol. The predicted molar refractivity (Wildman–Crippen MR) is 84.9 cm³/mol. The number of rotatable bonds is 2. The van der Waals surface area contributed by atoms with Gasteiger partial charge in [-0.25, -0.2) is 0 Å². The molecule has 3 rings (SSSR count). The lowest BCUT2D eigenvalue weighted by Crippen LogP contribution is -2.40. The third-order valence-corrected chi connectivity index (χ3v) is 4.36. The number of nitro groups is 1. The summed E-state index contributed by atoms with van der Waals surface area (Å²) >= 11 is 9.42. The van der Waals surface area contributed by atoms with E-state index in [2.05, 4.69) is 17.9 Å². The second kappa shape index (κ2) is 5.12. The lowest BCUT2D eigenvalue weighted by Gasteiger charge is -2.24. The van der Waals surface area contributed by atoms with E-state index in [1.807, 2.05) is 0 Å². The van der Waals surface area contributed by atoms with E-state index in [1.54, 1.807) is 22.9 Å². The second-order valence-electron chi connectivity index (χ2n) is 4.82. The fraction of sp³-hybridized carbons (Fsp3) is 0.231. The average Bonchev–Trinajstić information content (AvgIpc) is 2.76. The Morgan fingerprint density at radius 1 is 1.43 bits per heavy atom. The molecule has 21 heavy (non-hydrogen) atoms. The molecular weight excluding hydrogens is 310 g/mol. The van der Waals surface area contributed by atoms with Crippen molar-refractivity contribution in [2.75, 3.05) is 0 Å². The number of amides is 1. The quantitative estimate of drug-likeness (QED) is 0.386. The van der Waals surface area contributed by atoms with Crippen LogP contribution in [0.25, 0.3) is 10.8 Å². The van der Waals surface area contributed by atoms with Gasteiger partial charge in [0.15, 0.2) is 0 Å². The molecule has 1 aromatic heterocycles. The number of thiol groups is 1. The van der Waals surface area contributed by atoms with Gasteiger partial charge < -0.3 is 9.88 Å². The van der Waals surface area contributed by atoms with E-state index in [9.17, 15) is 14.9 Å². The molecule has 1 aromatic carbocycles. The van der Waals surface area contributed by atoms with Crippen LogP contribution in [-0.2, 0) is 4.79 Å². The minimum Gasteiger partial charge on any atom is -0.329 e. The molecule has 0 saturated carbocycles. The van der Waals surface area contributed by atoms with Gasteiger partial charge in [0.2, 0.25) is 5.91 Å². The van der Waals surface area contributed by atoms with Crippen molar-refractivity contribution in [2.24, 2.45) is 0 Å². The molecule has 1 saturated heterocycles. The Bertz CT molecular complexity index is 784. The predicted octanol–water partition coefficient (Wildman–Crippen LogP) is 2.62. The van der Waals surface area contributed by atoms with Gasteiger partial charge in [0.25, 0.3) is 5.69 Å². The molecule has 1 N–H and O–H groups in total. The number of hydrogen-bond acceptors (Lipinski definition) is 5. The Hall–Kier alpha value is -1.93. The van der Waals surface area contributed by atoms with Gasteiger partial charge in [-0.3, -0.25) is 14.9 Å². The van der Waals surface area contributed by atoms with Gasteiger partial charge in [0, 0.05) is 24.1 Å². The summed E-state index contributed by atoms with van der Waals surface area (Å²) in [5.74, 6) is -0.204. The summed E-state index contributed by atoms with van der Waals surface area (Å²) in [4.78, 5) is 23.3. The van der Waals surface area contributed by atoms with E-state index in [-0.39, 0.29) is 11.6 Å². The molecule has 1 unspecified atom stereocenters. The smallest absolute Gasteiger partial charge is 0.278 e. The number of aromatic nitrogens is 1. The Morgan fingerprint density at radius 3 is 2.86 bits per heavy atom. The number of fused-ring (bicyclic) bond motifs is 1. The third-order valence-electron chi connectivity index (χ3n) is 3.58. The van der Waals surface area contributed by atoms with Gasteiger partial charge in [-0.05, 0) is 6.42 Å². The Kier molecular flexibility index (Phi) is 3.42. The molecule has 1 aliphatic rings. The number of non-ortho nitro benzene ring substituents is 1. The van der Waals surface area contributed by atoms with Crippen LogP contribution in [0.3, 0.4) is 0 Å². The number of hydrogen-bond donors (Lipinski definition) is 2. The number of nitro benzene ring substituents is 1. The standard InChI is InChI=1S/C13H11N3O3S2/c17-12-10(4-5-11(20)14-12)15-6-8-7(13(15)21)2-1-3-9(8)16(18)19/h1-3,6,10,21H,4-5H2,(H,14,17,20). The van der Waals surface area contributed by atoms with Crippen molar-refractivity contribution < 1.29 is 9.72 Å². The van der Waals surface area contributed by atoms with E-state index < -0.39 is 11.0 Å². The van der Waals surface area contributed by atoms with Gasteiger partial charge in [0.05, 0.1) is 20.3 Å². The van der Waals surface area contributed by atoms with Crippen LogP contribution in [0.1, 0.15) is 18.9 Å². The second-order valence-corrected chi connectivity index (χ2v) is 5.74. The first-order valence-electron chi connectivity index (χ1n) is 6.29. The summed E-state index contributed by atoms with van der Waals surface area (Å²) < 4.78 is 1.68. The number of nitrogens with one attached hydrogen (secondary N) is 1. The highest BCUT2D eigenvalue weighted by Gasteiger charge is 2.29. The maximum absolute atomic E-state index is 12.1. The summed E-state index contributed by atoms with van der Waals surface area (Å²) in [7, 11) is 0. The minimum atomic E-state index is -0.448. The molecule has 0 spiro atoms. The largest absolute Gasteiger partial charge is 0.329 e. The van der Waals surface area contributed by atoms with Crippen LogP contribution in [0.5, 0.6) is 0 Å². The topological polar surface area (TPSA) is 77.2 Å². The molecule has 1 fully saturated rings. The van der Waals surface area contributed by atoms with E-state index >= 15 is 0 Å². The number of nitrogens with zero attached hydrogens (tertiary/aromatic N) is 2. The highest BCUT2D eigenvalue weighted by Crippen LogP contribution is 2.35. The van der Waals surface area contributed by atoms with Crippen LogP contribution in [0.4, 0.5) is 5.69 Å². The fourth-order valence-corrected chi connectivity index (χ4v) is 3.18. The molecule has 0 aliphatic carbocycles. The zero-order valence-electron chi connectivity index (χ0n) is 10.8. The summed E-state index contributed by atoms with van der Waals surface area (Å²) in [6.45, 7) is 0. The fourth-order valence-electron chi connectivity index (χ4n) is 2.57. The molecule has 108 valence electrons. The van der Waals surface area contributed by atoms with Crippen molar-refractivity contribution in [2.45, 2.75) is 23.9 Å². The molecule has 0 radical (unpaired) electrons. The lowest BCUT2D eigenvalue weighted by atomic mass is 10.1. The van der Waals surface area contributed by atoms with Crippen molar-refractivity contribution in [1.82, 2.24) is 9.88 Å². The summed E-state index contributed by atoms with van der Waals surface area (Å²) in [6, 6.07) is 4.36. The maximum Gasteiger partial charge on any atom is 0.278 e. The summed E-state index contributed by atoms with van der Waals surface area (Å²) in [5, 5.41) is 15.4. The molecular formula is C13H11N3O3S2. The zero-order chi connectivity index (χ0) is 15.1. The van der Waals surface area contributed by atoms with Crippen LogP contribution in [0.2, 0.25) is 0 Å². The molecule has 2 heterocycles. The molecule has 8 heteroatoms. The Labute approximate surface area is 130 Å². The molecule has 6 nitrogen and oxygen atoms in total. The Balaban J connectivity index is 2.14. The SMILES string of the molecule is O=C1NC(=S)CCC1n1cc2c([N+](=O)[O-])cccc2c1S. The van der Waals surface area contributed by atoms with Crippen LogP contribution in [0.15, 0.2) is 29.4 Å². The van der Waals surface area contributed by atoms with Gasteiger partial charge in [-0.2, -0.15) is 0 Å². The average molecular weight is 321 g/mol. The highest BCUT2D eigenvalue weighted by molar-refractivity contribution is 7.80. The molecule has 1 atom stereocenters. The van der Waals surface area contributed by atoms with Gasteiger partial charge in [-0.15, -0.1) is 12.6 Å². The lowest BCUT2D eigenvalue weighted by molar-refractivity contribution is -0.383. The van der Waals surface area contributed by atoms with Crippen molar-refractivity contribution in [1.29, 1.82) is 0 Å². The first-order chi connectivity index (χ1) is 9.99. The van der Waals surface area contributed by atoms with E-state index in [4.69, 9.17) is 12.2 Å². The highest BCUT2D eigenvalue weighted by atomic mass is 32.1. The molecule has 0 bridgehead atoms. The summed E-state index contributed by atoms with van der Waals surface area (Å²) in [5.41, 5.74) is 0.00767. The van der Waals surface area contributed by atoms with E-state index in [0.717, 1.165) is 0 Å². The van der Waals surface area contributed by atoms with Crippen LogP contribution in [0, 0.1) is 10.1 Å². The molecule has 1 amide bonds. The van der Waals surface area contributed by atoms with Crippen LogP contribution >= 0.6 is 24.8 Å². The van der Waals surface area contributed by atoms with Crippen LogP contribution < -0.4 is 5.32 Å². The normalized spacial score (nSPS) is 18.8. The Morgan fingerprint density at radius 2 is 2.19 bits per heavy atom. The van der Waals surface area contributed by atoms with Crippen molar-refractivity contribution in [3.63, 3.8) is 0 Å². The van der Waals surface area contributed by atoms with Gasteiger partial charge in [-0.1, -0.05) is 24.4 Å². The van der Waals surface area contributed by atoms with Crippen LogP contribution in [-0.4, -0.2) is 20.4 Å². The number of carbonyl (C=O) groups excluding carboxylic acids is 1. The van der Waals surface area contributed by atoms with E-state index in [0.29, 0.717) is 33.6 Å². The van der Waals surface area contributed by atoms with Gasteiger partial charge >= 0.3 is 0 Å². The third kappa shape index (κ3) is 2.30. The molecule has 1 aliphatic heterocycles. The summed E-state index contributed by atoms with van der Waals surface area (Å²) in [6.07, 6.45) is 2.79. The van der Waals surface area contributed by atoms with Gasteiger partial charge in [0.1, 0.15) is 6.04 Å². The number of thiocarbonyl (C=S) groups is 1. The minimum absolute atomic E-state index is 0.00767.